The lowest BCUT2D eigenvalue weighted by Gasteiger charge is -2.20. The molecule has 0 radical (unpaired) electrons. The molecule has 0 unspecified atom stereocenters. The molecule has 2 aliphatic rings. The Morgan fingerprint density at radius 1 is 0.889 bits per heavy atom. The van der Waals surface area contributed by atoms with E-state index >= 15 is 0 Å². The van der Waals surface area contributed by atoms with Crippen molar-refractivity contribution in [3.8, 4) is 0 Å². The molecule has 0 aliphatic carbocycles. The lowest BCUT2D eigenvalue weighted by atomic mass is 10.1. The van der Waals surface area contributed by atoms with Gasteiger partial charge in [0.1, 0.15) is 0 Å². The van der Waals surface area contributed by atoms with Crippen LogP contribution in [0, 0.1) is 0 Å². The van der Waals surface area contributed by atoms with Gasteiger partial charge in [0.15, 0.2) is 0 Å². The largest absolute Gasteiger partial charge is 0.399 e. The van der Waals surface area contributed by atoms with Crippen LogP contribution >= 0.6 is 0 Å². The fraction of sp³-hybridized carbons (Fsp3) is 0.474. The summed E-state index contributed by atoms with van der Waals surface area (Å²) in [6.07, 6.45) is 4.73. The average molecular weight is 366 g/mol. The van der Waals surface area contributed by atoms with E-state index in [1.54, 1.807) is 0 Å². The van der Waals surface area contributed by atoms with E-state index in [0.29, 0.717) is 5.95 Å². The van der Waals surface area contributed by atoms with Gasteiger partial charge in [-0.25, -0.2) is 5.43 Å². The van der Waals surface area contributed by atoms with Gasteiger partial charge in [0.25, 0.3) is 0 Å². The summed E-state index contributed by atoms with van der Waals surface area (Å²) < 4.78 is 0. The fourth-order valence-corrected chi connectivity index (χ4v) is 3.44. The summed E-state index contributed by atoms with van der Waals surface area (Å²) in [4.78, 5) is 18.4. The Labute approximate surface area is 159 Å². The summed E-state index contributed by atoms with van der Waals surface area (Å²) in [6, 6.07) is 7.64. The predicted molar refractivity (Wildman–Crippen MR) is 109 cm³/mol. The van der Waals surface area contributed by atoms with Gasteiger partial charge in [-0.15, -0.1) is 0 Å². The predicted octanol–water partition coefficient (Wildman–Crippen LogP) is 2.49. The Bertz CT molecular complexity index is 771. The third-order valence-electron chi connectivity index (χ3n) is 5.04. The lowest BCUT2D eigenvalue weighted by Crippen LogP contribution is -2.25. The maximum Gasteiger partial charge on any atom is 0.250 e. The molecule has 2 saturated heterocycles. The molecule has 2 aromatic rings. The van der Waals surface area contributed by atoms with E-state index in [4.69, 9.17) is 10.7 Å². The van der Waals surface area contributed by atoms with Crippen LogP contribution in [0.3, 0.4) is 0 Å². The molecule has 1 aromatic carbocycles. The van der Waals surface area contributed by atoms with Crippen LogP contribution in [-0.4, -0.2) is 46.8 Å². The third-order valence-corrected chi connectivity index (χ3v) is 5.04. The second-order valence-corrected chi connectivity index (χ2v) is 7.08. The topological polar surface area (TPSA) is 95.6 Å². The first-order valence-electron chi connectivity index (χ1n) is 9.61. The van der Waals surface area contributed by atoms with Crippen LogP contribution in [0.4, 0.5) is 23.5 Å². The van der Waals surface area contributed by atoms with Gasteiger partial charge in [-0.2, -0.15) is 20.1 Å². The smallest absolute Gasteiger partial charge is 0.250 e. The molecule has 27 heavy (non-hydrogen) atoms. The number of rotatable bonds is 5. The molecule has 0 amide bonds. The molecular weight excluding hydrogens is 340 g/mol. The highest BCUT2D eigenvalue weighted by Gasteiger charge is 2.21. The van der Waals surface area contributed by atoms with Crippen molar-refractivity contribution in [1.29, 1.82) is 0 Å². The lowest BCUT2D eigenvalue weighted by molar-refractivity contribution is 0.838. The van der Waals surface area contributed by atoms with Gasteiger partial charge in [0.2, 0.25) is 17.8 Å². The average Bonchev–Trinajstić information content (AvgIpc) is 3.40. The Morgan fingerprint density at radius 3 is 1.93 bits per heavy atom. The Kier molecular flexibility index (Phi) is 5.04. The minimum absolute atomic E-state index is 0.489. The van der Waals surface area contributed by atoms with E-state index in [2.05, 4.69) is 30.3 Å². The highest BCUT2D eigenvalue weighted by molar-refractivity contribution is 5.99. The molecule has 0 spiro atoms. The van der Waals surface area contributed by atoms with Crippen LogP contribution in [0.5, 0.6) is 0 Å². The Morgan fingerprint density at radius 2 is 1.41 bits per heavy atom. The summed E-state index contributed by atoms with van der Waals surface area (Å²) in [5.74, 6) is 1.98. The summed E-state index contributed by atoms with van der Waals surface area (Å²) in [7, 11) is 0. The number of nitrogens with zero attached hydrogens (tertiary/aromatic N) is 6. The molecular formula is C19H26N8. The monoisotopic (exact) mass is 366 g/mol. The Balaban J connectivity index is 1.58. The summed E-state index contributed by atoms with van der Waals surface area (Å²) in [5, 5.41) is 4.47. The second kappa shape index (κ2) is 7.77. The van der Waals surface area contributed by atoms with E-state index < -0.39 is 0 Å². The quantitative estimate of drug-likeness (QED) is 0.477. The standard InChI is InChI=1S/C19H26N8/c1-14(15-6-8-16(20)9-7-15)24-25-17-21-18(26-10-2-3-11-26)23-19(22-17)27-12-4-5-13-27/h6-9H,2-5,10-13,20H2,1H3,(H,21,22,23,25)/b24-14-. The maximum atomic E-state index is 5.75. The number of anilines is 4. The van der Waals surface area contributed by atoms with E-state index in [9.17, 15) is 0 Å². The number of hydrazone groups is 1. The zero-order chi connectivity index (χ0) is 18.6. The van der Waals surface area contributed by atoms with Gasteiger partial charge in [-0.1, -0.05) is 12.1 Å². The summed E-state index contributed by atoms with van der Waals surface area (Å²) in [5.41, 5.74) is 11.4. The number of aromatic nitrogens is 3. The number of hydrogen-bond donors (Lipinski definition) is 2. The molecule has 8 nitrogen and oxygen atoms in total. The summed E-state index contributed by atoms with van der Waals surface area (Å²) >= 11 is 0. The maximum absolute atomic E-state index is 5.75. The molecule has 0 saturated carbocycles. The molecule has 3 N–H and O–H groups in total. The fourth-order valence-electron chi connectivity index (χ4n) is 3.44. The molecule has 3 heterocycles. The molecule has 0 atom stereocenters. The molecule has 8 heteroatoms. The summed E-state index contributed by atoms with van der Waals surface area (Å²) in [6.45, 7) is 5.93. The molecule has 1 aromatic heterocycles. The van der Waals surface area contributed by atoms with E-state index in [-0.39, 0.29) is 0 Å². The van der Waals surface area contributed by atoms with Gasteiger partial charge >= 0.3 is 0 Å². The number of nitrogen functional groups attached to an aromatic ring is 1. The third kappa shape index (κ3) is 4.10. The highest BCUT2D eigenvalue weighted by Crippen LogP contribution is 2.22. The van der Waals surface area contributed by atoms with Crippen molar-refractivity contribution in [2.45, 2.75) is 32.6 Å². The van der Waals surface area contributed by atoms with Gasteiger partial charge < -0.3 is 15.5 Å². The van der Waals surface area contributed by atoms with Crippen LogP contribution in [0.15, 0.2) is 29.4 Å². The van der Waals surface area contributed by atoms with Crippen molar-refractivity contribution in [3.63, 3.8) is 0 Å². The number of nitrogens with two attached hydrogens (primary N) is 1. The molecule has 2 fully saturated rings. The normalized spacial score (nSPS) is 17.6. The van der Waals surface area contributed by atoms with Crippen molar-refractivity contribution in [1.82, 2.24) is 15.0 Å². The molecule has 0 bridgehead atoms. The first-order chi connectivity index (χ1) is 13.2. The van der Waals surface area contributed by atoms with Crippen molar-refractivity contribution in [2.24, 2.45) is 5.10 Å². The van der Waals surface area contributed by atoms with Crippen molar-refractivity contribution in [2.75, 3.05) is 47.1 Å². The van der Waals surface area contributed by atoms with E-state index in [1.165, 1.54) is 25.7 Å². The highest BCUT2D eigenvalue weighted by atomic mass is 15.4. The number of benzene rings is 1. The first-order valence-corrected chi connectivity index (χ1v) is 9.61. The van der Waals surface area contributed by atoms with Gasteiger partial charge in [-0.3, -0.25) is 0 Å². The second-order valence-electron chi connectivity index (χ2n) is 7.08. The molecule has 142 valence electrons. The van der Waals surface area contributed by atoms with Crippen LogP contribution in [0.25, 0.3) is 0 Å². The van der Waals surface area contributed by atoms with Crippen LogP contribution < -0.4 is 21.0 Å². The number of hydrogen-bond acceptors (Lipinski definition) is 8. The van der Waals surface area contributed by atoms with Gasteiger partial charge in [0.05, 0.1) is 5.71 Å². The van der Waals surface area contributed by atoms with Crippen LogP contribution in [0.2, 0.25) is 0 Å². The zero-order valence-electron chi connectivity index (χ0n) is 15.7. The van der Waals surface area contributed by atoms with Gasteiger partial charge in [0, 0.05) is 31.9 Å². The van der Waals surface area contributed by atoms with Crippen molar-refractivity contribution >= 4 is 29.2 Å². The van der Waals surface area contributed by atoms with Gasteiger partial charge in [-0.05, 0) is 50.3 Å². The molecule has 4 rings (SSSR count). The SMILES string of the molecule is C/C(=N/Nc1nc(N2CCCC2)nc(N2CCCC2)n1)c1ccc(N)cc1. The van der Waals surface area contributed by atoms with E-state index in [1.807, 2.05) is 31.2 Å². The Hall–Kier alpha value is -2.90. The van der Waals surface area contributed by atoms with Crippen LogP contribution in [0.1, 0.15) is 38.2 Å². The minimum atomic E-state index is 0.489. The van der Waals surface area contributed by atoms with Crippen molar-refractivity contribution in [3.05, 3.63) is 29.8 Å². The first kappa shape index (κ1) is 17.5. The van der Waals surface area contributed by atoms with Crippen molar-refractivity contribution < 1.29 is 0 Å². The molecule has 2 aliphatic heterocycles. The van der Waals surface area contributed by atoms with Crippen LogP contribution in [-0.2, 0) is 0 Å². The minimum Gasteiger partial charge on any atom is -0.399 e. The zero-order valence-corrected chi connectivity index (χ0v) is 15.7. The number of nitrogens with one attached hydrogen (secondary N) is 1. The van der Waals surface area contributed by atoms with E-state index in [0.717, 1.165) is 55.0 Å².